The SMILES string of the molecule is Cc1ccc(S(=O)(=O)NCC(=O)OCC(=O)N2C[C@@]3(C)C[C@H]2CC(C)(C)C3)cc1. The zero-order valence-electron chi connectivity index (χ0n) is 17.5. The molecule has 0 spiro atoms. The molecular weight excluding hydrogens is 392 g/mol. The number of esters is 1. The molecule has 8 heteroatoms. The Labute approximate surface area is 172 Å². The van der Waals surface area contributed by atoms with Crippen LogP contribution in [0.25, 0.3) is 0 Å². The van der Waals surface area contributed by atoms with E-state index in [1.54, 1.807) is 12.1 Å². The van der Waals surface area contributed by atoms with E-state index in [-0.39, 0.29) is 34.3 Å². The minimum absolute atomic E-state index is 0.0761. The van der Waals surface area contributed by atoms with Crippen LogP contribution in [-0.2, 0) is 24.3 Å². The third kappa shape index (κ3) is 5.17. The third-order valence-electron chi connectivity index (χ3n) is 5.83. The topological polar surface area (TPSA) is 92.8 Å². The average molecular weight is 423 g/mol. The summed E-state index contributed by atoms with van der Waals surface area (Å²) in [6.07, 6.45) is 2.99. The van der Waals surface area contributed by atoms with E-state index in [1.807, 2.05) is 11.8 Å². The Morgan fingerprint density at radius 2 is 1.83 bits per heavy atom. The summed E-state index contributed by atoms with van der Waals surface area (Å²) >= 11 is 0. The molecule has 0 aromatic heterocycles. The minimum atomic E-state index is -3.81. The van der Waals surface area contributed by atoms with Crippen molar-refractivity contribution in [1.82, 2.24) is 9.62 Å². The van der Waals surface area contributed by atoms with Crippen LogP contribution in [0.15, 0.2) is 29.2 Å². The van der Waals surface area contributed by atoms with Crippen LogP contribution in [0.5, 0.6) is 0 Å². The van der Waals surface area contributed by atoms with E-state index >= 15 is 0 Å². The Bertz CT molecular complexity index is 894. The van der Waals surface area contributed by atoms with Crippen LogP contribution in [0, 0.1) is 17.8 Å². The smallest absolute Gasteiger partial charge is 0.321 e. The first-order chi connectivity index (χ1) is 13.4. The first-order valence-electron chi connectivity index (χ1n) is 9.91. The molecule has 1 saturated heterocycles. The molecular formula is C21H30N2O5S. The highest BCUT2D eigenvalue weighted by Crippen LogP contribution is 2.52. The fraction of sp³-hybridized carbons (Fsp3) is 0.619. The number of ether oxygens (including phenoxy) is 1. The van der Waals surface area contributed by atoms with Gasteiger partial charge >= 0.3 is 5.97 Å². The normalized spacial score (nSPS) is 25.7. The Balaban J connectivity index is 1.50. The Kier molecular flexibility index (Phi) is 5.80. The van der Waals surface area contributed by atoms with Gasteiger partial charge in [0.05, 0.1) is 4.90 Å². The van der Waals surface area contributed by atoms with Gasteiger partial charge < -0.3 is 9.64 Å². The number of amides is 1. The summed E-state index contributed by atoms with van der Waals surface area (Å²) in [5.74, 6) is -0.992. The van der Waals surface area contributed by atoms with Crippen LogP contribution in [0.2, 0.25) is 0 Å². The van der Waals surface area contributed by atoms with Gasteiger partial charge in [0, 0.05) is 12.6 Å². The van der Waals surface area contributed by atoms with Gasteiger partial charge in [-0.05, 0) is 49.1 Å². The lowest BCUT2D eigenvalue weighted by molar-refractivity contribution is -0.151. The molecule has 1 aromatic rings. The van der Waals surface area contributed by atoms with Crippen LogP contribution < -0.4 is 4.72 Å². The number of rotatable bonds is 6. The van der Waals surface area contributed by atoms with Gasteiger partial charge in [0.25, 0.3) is 5.91 Å². The predicted octanol–water partition coefficient (Wildman–Crippen LogP) is 2.24. The number of sulfonamides is 1. The van der Waals surface area contributed by atoms with E-state index < -0.39 is 22.5 Å². The van der Waals surface area contributed by atoms with E-state index in [4.69, 9.17) is 4.74 Å². The number of benzene rings is 1. The zero-order chi connectivity index (χ0) is 21.4. The highest BCUT2D eigenvalue weighted by Gasteiger charge is 2.50. The molecule has 7 nitrogen and oxygen atoms in total. The van der Waals surface area contributed by atoms with Gasteiger partial charge in [-0.1, -0.05) is 38.5 Å². The fourth-order valence-electron chi connectivity index (χ4n) is 4.98. The van der Waals surface area contributed by atoms with Crippen molar-refractivity contribution in [3.63, 3.8) is 0 Å². The minimum Gasteiger partial charge on any atom is -0.455 e. The molecule has 0 radical (unpaired) electrons. The van der Waals surface area contributed by atoms with Gasteiger partial charge in [-0.15, -0.1) is 0 Å². The fourth-order valence-corrected chi connectivity index (χ4v) is 5.95. The quantitative estimate of drug-likeness (QED) is 0.710. The van der Waals surface area contributed by atoms with Crippen LogP contribution in [0.3, 0.4) is 0 Å². The summed E-state index contributed by atoms with van der Waals surface area (Å²) in [5, 5.41) is 0. The van der Waals surface area contributed by atoms with Gasteiger partial charge in [-0.3, -0.25) is 9.59 Å². The van der Waals surface area contributed by atoms with Gasteiger partial charge in [-0.2, -0.15) is 4.72 Å². The largest absolute Gasteiger partial charge is 0.455 e. The number of aryl methyl sites for hydroxylation is 1. The number of hydrogen-bond donors (Lipinski definition) is 1. The summed E-state index contributed by atoms with van der Waals surface area (Å²) in [6.45, 7) is 8.32. The number of carbonyl (C=O) groups excluding carboxylic acids is 2. The molecule has 1 aromatic carbocycles. The molecule has 1 aliphatic carbocycles. The molecule has 2 bridgehead atoms. The van der Waals surface area contributed by atoms with Gasteiger partial charge in [0.15, 0.2) is 6.61 Å². The molecule has 29 heavy (non-hydrogen) atoms. The van der Waals surface area contributed by atoms with Gasteiger partial charge in [-0.25, -0.2) is 8.42 Å². The van der Waals surface area contributed by atoms with E-state index in [2.05, 4.69) is 25.5 Å². The molecule has 2 aliphatic rings. The lowest BCUT2D eigenvalue weighted by Gasteiger charge is -2.39. The molecule has 1 N–H and O–H groups in total. The van der Waals surface area contributed by atoms with Crippen molar-refractivity contribution in [2.75, 3.05) is 19.7 Å². The summed E-state index contributed by atoms with van der Waals surface area (Å²) in [4.78, 5) is 26.5. The van der Waals surface area contributed by atoms with Crippen molar-refractivity contribution in [3.05, 3.63) is 29.8 Å². The Morgan fingerprint density at radius 3 is 2.48 bits per heavy atom. The molecule has 0 unspecified atom stereocenters. The van der Waals surface area contributed by atoms with E-state index in [0.717, 1.165) is 24.8 Å². The number of hydrogen-bond acceptors (Lipinski definition) is 5. The number of nitrogens with one attached hydrogen (secondary N) is 1. The number of likely N-dealkylation sites (tertiary alicyclic amines) is 1. The zero-order valence-corrected chi connectivity index (χ0v) is 18.3. The van der Waals surface area contributed by atoms with Crippen molar-refractivity contribution >= 4 is 21.9 Å². The number of nitrogens with zero attached hydrogens (tertiary/aromatic N) is 1. The van der Waals surface area contributed by atoms with Crippen LogP contribution in [0.4, 0.5) is 0 Å². The molecule has 1 heterocycles. The highest BCUT2D eigenvalue weighted by atomic mass is 32.2. The van der Waals surface area contributed by atoms with E-state index in [1.165, 1.54) is 12.1 Å². The Morgan fingerprint density at radius 1 is 1.17 bits per heavy atom. The van der Waals surface area contributed by atoms with Gasteiger partial charge in [0.1, 0.15) is 6.54 Å². The maximum atomic E-state index is 12.6. The van der Waals surface area contributed by atoms with E-state index in [9.17, 15) is 18.0 Å². The molecule has 1 aliphatic heterocycles. The molecule has 2 atom stereocenters. The second-order valence-electron chi connectivity index (χ2n) is 9.53. The molecule has 160 valence electrons. The summed E-state index contributed by atoms with van der Waals surface area (Å²) in [7, 11) is -3.81. The van der Waals surface area contributed by atoms with Crippen LogP contribution in [-0.4, -0.2) is 50.9 Å². The van der Waals surface area contributed by atoms with Crippen molar-refractivity contribution in [1.29, 1.82) is 0 Å². The van der Waals surface area contributed by atoms with Crippen molar-refractivity contribution in [3.8, 4) is 0 Å². The van der Waals surface area contributed by atoms with Crippen molar-refractivity contribution < 1.29 is 22.7 Å². The maximum absolute atomic E-state index is 12.6. The van der Waals surface area contributed by atoms with E-state index in [0.29, 0.717) is 6.54 Å². The van der Waals surface area contributed by atoms with Gasteiger partial charge in [0.2, 0.25) is 10.0 Å². The third-order valence-corrected chi connectivity index (χ3v) is 7.25. The summed E-state index contributed by atoms with van der Waals surface area (Å²) in [5.41, 5.74) is 1.23. The molecule has 3 rings (SSSR count). The first kappa shape index (κ1) is 21.8. The lowest BCUT2D eigenvalue weighted by Crippen LogP contribution is -2.40. The van der Waals surface area contributed by atoms with Crippen molar-refractivity contribution in [2.24, 2.45) is 10.8 Å². The average Bonchev–Trinajstić information content (AvgIpc) is 2.87. The molecule has 1 amide bonds. The monoisotopic (exact) mass is 422 g/mol. The summed E-state index contributed by atoms with van der Waals surface area (Å²) in [6, 6.07) is 6.48. The summed E-state index contributed by atoms with van der Waals surface area (Å²) < 4.78 is 31.7. The number of carbonyl (C=O) groups is 2. The van der Waals surface area contributed by atoms with Crippen LogP contribution >= 0.6 is 0 Å². The first-order valence-corrected chi connectivity index (χ1v) is 11.4. The lowest BCUT2D eigenvalue weighted by atomic mass is 9.65. The second-order valence-corrected chi connectivity index (χ2v) is 11.3. The predicted molar refractivity (Wildman–Crippen MR) is 109 cm³/mol. The Hall–Kier alpha value is -1.93. The van der Waals surface area contributed by atoms with Crippen LogP contribution in [0.1, 0.15) is 45.6 Å². The molecule has 1 saturated carbocycles. The molecule has 2 fully saturated rings. The number of fused-ring (bicyclic) bond motifs is 2. The second kappa shape index (κ2) is 7.72. The highest BCUT2D eigenvalue weighted by molar-refractivity contribution is 7.89. The maximum Gasteiger partial charge on any atom is 0.321 e. The van der Waals surface area contributed by atoms with Crippen molar-refractivity contribution in [2.45, 2.75) is 57.9 Å². The standard InChI is InChI=1S/C21H30N2O5S/c1-15-5-7-17(8-6-15)29(26,27)22-11-19(25)28-12-18(24)23-14-21(4)10-16(23)9-20(2,3)13-21/h5-8,16,22H,9-14H2,1-4H3/t16-,21+/m1/s1.